The molecule has 0 aromatic rings. The maximum atomic E-state index is 11.5. The van der Waals surface area contributed by atoms with E-state index in [1.807, 2.05) is 0 Å². The Labute approximate surface area is 59.4 Å². The Bertz CT molecular complexity index is 70.0. The number of hydrogen-bond donors (Lipinski definition) is 1. The van der Waals surface area contributed by atoms with E-state index in [4.69, 9.17) is 0 Å². The Morgan fingerprint density at radius 2 is 2.11 bits per heavy atom. The van der Waals surface area contributed by atoms with Crippen LogP contribution >= 0.6 is 12.6 Å². The molecule has 0 radical (unpaired) electrons. The zero-order valence-electron chi connectivity index (χ0n) is 5.35. The Balaban J connectivity index is 3.15. The van der Waals surface area contributed by atoms with Crippen molar-refractivity contribution in [1.82, 2.24) is 4.90 Å². The van der Waals surface area contributed by atoms with E-state index < -0.39 is 6.43 Å². The van der Waals surface area contributed by atoms with E-state index in [0.29, 0.717) is 12.3 Å². The van der Waals surface area contributed by atoms with Gasteiger partial charge in [0.15, 0.2) is 0 Å². The molecule has 0 aliphatic heterocycles. The molecule has 1 nitrogen and oxygen atoms in total. The lowest BCUT2D eigenvalue weighted by atomic mass is 10.5. The molecule has 0 rings (SSSR count). The molecule has 0 spiro atoms. The lowest BCUT2D eigenvalue weighted by Gasteiger charge is -2.13. The van der Waals surface area contributed by atoms with Crippen LogP contribution in [0.15, 0.2) is 0 Å². The van der Waals surface area contributed by atoms with Gasteiger partial charge >= 0.3 is 0 Å². The molecule has 0 aromatic carbocycles. The van der Waals surface area contributed by atoms with Crippen molar-refractivity contribution in [2.45, 2.75) is 6.43 Å². The van der Waals surface area contributed by atoms with Gasteiger partial charge in [-0.1, -0.05) is 0 Å². The molecule has 0 saturated heterocycles. The second kappa shape index (κ2) is 4.99. The van der Waals surface area contributed by atoms with E-state index in [9.17, 15) is 8.78 Å². The predicted octanol–water partition coefficient (Wildman–Crippen LogP) is 1.11. The van der Waals surface area contributed by atoms with Crippen LogP contribution in [-0.2, 0) is 0 Å². The summed E-state index contributed by atoms with van der Waals surface area (Å²) in [5, 5.41) is 0. The summed E-state index contributed by atoms with van der Waals surface area (Å²) in [6.45, 7) is 0.466. The molecule has 0 unspecified atom stereocenters. The van der Waals surface area contributed by atoms with Crippen LogP contribution in [0.4, 0.5) is 8.78 Å². The Hall–Kier alpha value is 0.170. The van der Waals surface area contributed by atoms with Crippen molar-refractivity contribution in [3.8, 4) is 0 Å². The number of rotatable bonds is 4. The Morgan fingerprint density at radius 1 is 1.56 bits per heavy atom. The molecule has 9 heavy (non-hydrogen) atoms. The highest BCUT2D eigenvalue weighted by Crippen LogP contribution is 1.94. The van der Waals surface area contributed by atoms with Crippen LogP contribution in [0.3, 0.4) is 0 Å². The van der Waals surface area contributed by atoms with E-state index >= 15 is 0 Å². The van der Waals surface area contributed by atoms with Crippen LogP contribution in [-0.4, -0.2) is 37.2 Å². The lowest BCUT2D eigenvalue weighted by Crippen LogP contribution is -2.26. The summed E-state index contributed by atoms with van der Waals surface area (Å²) in [5.41, 5.74) is 0. The number of halogens is 2. The first-order valence-corrected chi connectivity index (χ1v) is 3.37. The molecule has 0 aliphatic carbocycles. The minimum atomic E-state index is -2.23. The van der Waals surface area contributed by atoms with Crippen LogP contribution in [0.2, 0.25) is 0 Å². The molecule has 0 aliphatic rings. The first-order chi connectivity index (χ1) is 4.16. The van der Waals surface area contributed by atoms with Gasteiger partial charge in [0.05, 0.1) is 6.54 Å². The average molecular weight is 155 g/mol. The topological polar surface area (TPSA) is 3.24 Å². The molecule has 0 bridgehead atoms. The summed E-state index contributed by atoms with van der Waals surface area (Å²) in [6, 6.07) is 0. The SMILES string of the molecule is CN(CCS)CC(F)F. The van der Waals surface area contributed by atoms with Crippen molar-refractivity contribution >= 4 is 12.6 Å². The maximum absolute atomic E-state index is 11.5. The molecular weight excluding hydrogens is 144 g/mol. The molecule has 0 heterocycles. The zero-order chi connectivity index (χ0) is 7.28. The Morgan fingerprint density at radius 3 is 2.44 bits per heavy atom. The highest BCUT2D eigenvalue weighted by atomic mass is 32.1. The van der Waals surface area contributed by atoms with Gasteiger partial charge in [-0.25, -0.2) is 8.78 Å². The van der Waals surface area contributed by atoms with E-state index in [0.717, 1.165) is 0 Å². The summed E-state index contributed by atoms with van der Waals surface area (Å²) in [5.74, 6) is 0.628. The van der Waals surface area contributed by atoms with Crippen LogP contribution in [0.25, 0.3) is 0 Å². The van der Waals surface area contributed by atoms with Crippen LogP contribution in [0.1, 0.15) is 0 Å². The molecule has 0 N–H and O–H groups in total. The van der Waals surface area contributed by atoms with E-state index in [-0.39, 0.29) is 6.54 Å². The number of hydrogen-bond acceptors (Lipinski definition) is 2. The van der Waals surface area contributed by atoms with Crippen molar-refractivity contribution in [2.24, 2.45) is 0 Å². The fourth-order valence-electron chi connectivity index (χ4n) is 0.498. The van der Waals surface area contributed by atoms with Gasteiger partial charge in [-0.15, -0.1) is 0 Å². The van der Waals surface area contributed by atoms with E-state index in [1.165, 1.54) is 0 Å². The van der Waals surface area contributed by atoms with Gasteiger partial charge in [0.2, 0.25) is 0 Å². The van der Waals surface area contributed by atoms with Crippen LogP contribution in [0, 0.1) is 0 Å². The summed E-state index contributed by atoms with van der Waals surface area (Å²) < 4.78 is 23.1. The quantitative estimate of drug-likeness (QED) is 0.595. The van der Waals surface area contributed by atoms with Crippen molar-refractivity contribution in [1.29, 1.82) is 0 Å². The van der Waals surface area contributed by atoms with Gasteiger partial charge in [0, 0.05) is 12.3 Å². The van der Waals surface area contributed by atoms with Crippen molar-refractivity contribution < 1.29 is 8.78 Å². The molecule has 0 atom stereocenters. The smallest absolute Gasteiger partial charge is 0.251 e. The minimum absolute atomic E-state index is 0.152. The first-order valence-electron chi connectivity index (χ1n) is 2.74. The average Bonchev–Trinajstić information content (AvgIpc) is 1.63. The monoisotopic (exact) mass is 155 g/mol. The highest BCUT2D eigenvalue weighted by molar-refractivity contribution is 7.80. The number of nitrogens with zero attached hydrogens (tertiary/aromatic N) is 1. The highest BCUT2D eigenvalue weighted by Gasteiger charge is 2.05. The van der Waals surface area contributed by atoms with Crippen molar-refractivity contribution in [3.05, 3.63) is 0 Å². The summed E-state index contributed by atoms with van der Waals surface area (Å²) in [4.78, 5) is 1.55. The van der Waals surface area contributed by atoms with E-state index in [2.05, 4.69) is 12.6 Å². The van der Waals surface area contributed by atoms with E-state index in [1.54, 1.807) is 11.9 Å². The molecule has 0 aromatic heterocycles. The summed E-state index contributed by atoms with van der Waals surface area (Å²) in [7, 11) is 1.66. The van der Waals surface area contributed by atoms with Gasteiger partial charge in [-0.3, -0.25) is 0 Å². The largest absolute Gasteiger partial charge is 0.300 e. The second-order valence-electron chi connectivity index (χ2n) is 1.88. The molecule has 56 valence electrons. The normalized spacial score (nSPS) is 11.3. The van der Waals surface area contributed by atoms with Crippen LogP contribution in [0.5, 0.6) is 0 Å². The molecular formula is C5H11F2NS. The molecule has 0 saturated carbocycles. The minimum Gasteiger partial charge on any atom is -0.300 e. The summed E-state index contributed by atoms with van der Waals surface area (Å²) in [6.07, 6.45) is -2.23. The summed E-state index contributed by atoms with van der Waals surface area (Å²) >= 11 is 3.90. The molecule has 0 fully saturated rings. The van der Waals surface area contributed by atoms with Crippen molar-refractivity contribution in [3.63, 3.8) is 0 Å². The fraction of sp³-hybridized carbons (Fsp3) is 1.00. The maximum Gasteiger partial charge on any atom is 0.251 e. The van der Waals surface area contributed by atoms with Gasteiger partial charge in [-0.05, 0) is 7.05 Å². The zero-order valence-corrected chi connectivity index (χ0v) is 6.24. The predicted molar refractivity (Wildman–Crippen MR) is 37.4 cm³/mol. The van der Waals surface area contributed by atoms with Gasteiger partial charge in [0.1, 0.15) is 0 Å². The molecule has 0 amide bonds. The van der Waals surface area contributed by atoms with Gasteiger partial charge in [0.25, 0.3) is 6.43 Å². The third-order valence-electron chi connectivity index (χ3n) is 0.931. The second-order valence-corrected chi connectivity index (χ2v) is 2.32. The fourth-order valence-corrected chi connectivity index (χ4v) is 0.839. The number of thiol groups is 1. The van der Waals surface area contributed by atoms with Gasteiger partial charge in [-0.2, -0.15) is 12.6 Å². The lowest BCUT2D eigenvalue weighted by molar-refractivity contribution is 0.103. The standard InChI is InChI=1S/C5H11F2NS/c1-8(2-3-9)4-5(6)7/h5,9H,2-4H2,1H3. The van der Waals surface area contributed by atoms with Crippen LogP contribution < -0.4 is 0 Å². The third kappa shape index (κ3) is 6.05. The van der Waals surface area contributed by atoms with Gasteiger partial charge < -0.3 is 4.90 Å². The van der Waals surface area contributed by atoms with Crippen molar-refractivity contribution in [2.75, 3.05) is 25.9 Å². The third-order valence-corrected chi connectivity index (χ3v) is 1.13. The number of alkyl halides is 2. The molecule has 4 heteroatoms. The first kappa shape index (κ1) is 9.17. The Kier molecular flexibility index (Phi) is 5.09.